The SMILES string of the molecule is C=C(C)CC(C)(C)C1CCC(C)CC1NCC. The van der Waals surface area contributed by atoms with E-state index in [0.717, 1.165) is 24.8 Å². The molecule has 0 aliphatic heterocycles. The minimum atomic E-state index is 0.388. The molecule has 1 rings (SSSR count). The van der Waals surface area contributed by atoms with Gasteiger partial charge in [-0.05, 0) is 50.0 Å². The molecule has 1 saturated carbocycles. The summed E-state index contributed by atoms with van der Waals surface area (Å²) in [6, 6.07) is 0.707. The van der Waals surface area contributed by atoms with Crippen molar-refractivity contribution < 1.29 is 0 Å². The first kappa shape index (κ1) is 14.8. The second-order valence-corrected chi connectivity index (χ2v) is 6.81. The molecule has 100 valence electrons. The highest BCUT2D eigenvalue weighted by Gasteiger charge is 2.38. The fourth-order valence-electron chi connectivity index (χ4n) is 3.71. The van der Waals surface area contributed by atoms with E-state index in [1.807, 2.05) is 0 Å². The molecule has 1 N–H and O–H groups in total. The Balaban J connectivity index is 2.74. The summed E-state index contributed by atoms with van der Waals surface area (Å²) in [5, 5.41) is 3.71. The molecule has 0 bridgehead atoms. The fourth-order valence-corrected chi connectivity index (χ4v) is 3.71. The predicted molar refractivity (Wildman–Crippen MR) is 77.2 cm³/mol. The lowest BCUT2D eigenvalue weighted by molar-refractivity contribution is 0.0950. The van der Waals surface area contributed by atoms with Crippen LogP contribution >= 0.6 is 0 Å². The first-order valence-electron chi connectivity index (χ1n) is 7.24. The van der Waals surface area contributed by atoms with Gasteiger partial charge in [-0.2, -0.15) is 0 Å². The maximum atomic E-state index is 4.10. The summed E-state index contributed by atoms with van der Waals surface area (Å²) in [6.07, 6.45) is 5.28. The van der Waals surface area contributed by atoms with Gasteiger partial charge in [0.15, 0.2) is 0 Å². The van der Waals surface area contributed by atoms with Gasteiger partial charge in [0.25, 0.3) is 0 Å². The first-order chi connectivity index (χ1) is 7.86. The topological polar surface area (TPSA) is 12.0 Å². The third-order valence-electron chi connectivity index (χ3n) is 4.34. The van der Waals surface area contributed by atoms with Crippen molar-refractivity contribution in [3.63, 3.8) is 0 Å². The zero-order valence-corrected chi connectivity index (χ0v) is 12.5. The molecule has 17 heavy (non-hydrogen) atoms. The van der Waals surface area contributed by atoms with Crippen LogP contribution in [0.5, 0.6) is 0 Å². The monoisotopic (exact) mass is 237 g/mol. The van der Waals surface area contributed by atoms with Gasteiger partial charge in [-0.1, -0.05) is 39.7 Å². The van der Waals surface area contributed by atoms with Crippen molar-refractivity contribution in [3.05, 3.63) is 12.2 Å². The highest BCUT2D eigenvalue weighted by atomic mass is 14.9. The van der Waals surface area contributed by atoms with Gasteiger partial charge in [-0.25, -0.2) is 0 Å². The summed E-state index contributed by atoms with van der Waals surface area (Å²) in [5.74, 6) is 1.69. The van der Waals surface area contributed by atoms with E-state index in [4.69, 9.17) is 0 Å². The van der Waals surface area contributed by atoms with Crippen LogP contribution in [0.1, 0.15) is 60.3 Å². The van der Waals surface area contributed by atoms with Gasteiger partial charge in [0, 0.05) is 6.04 Å². The zero-order valence-electron chi connectivity index (χ0n) is 12.5. The molecule has 1 aliphatic rings. The molecule has 0 aromatic heterocycles. The van der Waals surface area contributed by atoms with Crippen molar-refractivity contribution in [2.45, 2.75) is 66.3 Å². The lowest BCUT2D eigenvalue weighted by Gasteiger charge is -2.45. The van der Waals surface area contributed by atoms with E-state index >= 15 is 0 Å². The Hall–Kier alpha value is -0.300. The van der Waals surface area contributed by atoms with E-state index < -0.39 is 0 Å². The third-order valence-corrected chi connectivity index (χ3v) is 4.34. The zero-order chi connectivity index (χ0) is 13.1. The maximum Gasteiger partial charge on any atom is 0.0103 e. The third kappa shape index (κ3) is 4.13. The smallest absolute Gasteiger partial charge is 0.0103 e. The van der Waals surface area contributed by atoms with Crippen LogP contribution in [0.2, 0.25) is 0 Å². The van der Waals surface area contributed by atoms with Gasteiger partial charge in [-0.15, -0.1) is 6.58 Å². The van der Waals surface area contributed by atoms with E-state index in [1.165, 1.54) is 24.8 Å². The molecule has 1 aliphatic carbocycles. The molecule has 0 saturated heterocycles. The quantitative estimate of drug-likeness (QED) is 0.699. The van der Waals surface area contributed by atoms with Crippen LogP contribution in [0.3, 0.4) is 0 Å². The summed E-state index contributed by atoms with van der Waals surface area (Å²) < 4.78 is 0. The average molecular weight is 237 g/mol. The van der Waals surface area contributed by atoms with Crippen molar-refractivity contribution in [3.8, 4) is 0 Å². The first-order valence-corrected chi connectivity index (χ1v) is 7.24. The van der Waals surface area contributed by atoms with Crippen molar-refractivity contribution in [1.82, 2.24) is 5.32 Å². The summed E-state index contributed by atoms with van der Waals surface area (Å²) >= 11 is 0. The molecular formula is C16H31N. The Kier molecular flexibility index (Phi) is 5.24. The van der Waals surface area contributed by atoms with Gasteiger partial charge in [0.05, 0.1) is 0 Å². The normalized spacial score (nSPS) is 30.3. The van der Waals surface area contributed by atoms with Gasteiger partial charge >= 0.3 is 0 Å². The van der Waals surface area contributed by atoms with Crippen LogP contribution in [0, 0.1) is 17.3 Å². The Morgan fingerprint density at radius 3 is 2.53 bits per heavy atom. The van der Waals surface area contributed by atoms with Crippen LogP contribution in [0.4, 0.5) is 0 Å². The molecule has 0 heterocycles. The van der Waals surface area contributed by atoms with Crippen LogP contribution in [0.25, 0.3) is 0 Å². The molecule has 0 spiro atoms. The average Bonchev–Trinajstić information content (AvgIpc) is 2.15. The number of hydrogen-bond acceptors (Lipinski definition) is 1. The van der Waals surface area contributed by atoms with E-state index in [-0.39, 0.29) is 0 Å². The molecule has 1 nitrogen and oxygen atoms in total. The molecule has 0 amide bonds. The molecule has 0 radical (unpaired) electrons. The highest BCUT2D eigenvalue weighted by Crippen LogP contribution is 2.43. The maximum absolute atomic E-state index is 4.10. The van der Waals surface area contributed by atoms with Crippen molar-refractivity contribution >= 4 is 0 Å². The van der Waals surface area contributed by atoms with Crippen LogP contribution in [-0.4, -0.2) is 12.6 Å². The Morgan fingerprint density at radius 1 is 1.35 bits per heavy atom. The van der Waals surface area contributed by atoms with Gasteiger partial charge in [-0.3, -0.25) is 0 Å². The van der Waals surface area contributed by atoms with Crippen LogP contribution in [-0.2, 0) is 0 Å². The van der Waals surface area contributed by atoms with Crippen LogP contribution < -0.4 is 5.32 Å². The summed E-state index contributed by atoms with van der Waals surface area (Å²) in [6.45, 7) is 16.8. The fraction of sp³-hybridized carbons (Fsp3) is 0.875. The van der Waals surface area contributed by atoms with Gasteiger partial charge < -0.3 is 5.32 Å². The molecule has 0 aromatic rings. The Bertz CT molecular complexity index is 254. The molecule has 3 unspecified atom stereocenters. The summed E-state index contributed by atoms with van der Waals surface area (Å²) in [5.41, 5.74) is 1.71. The largest absolute Gasteiger partial charge is 0.314 e. The Morgan fingerprint density at radius 2 is 2.00 bits per heavy atom. The predicted octanol–water partition coefficient (Wildman–Crippen LogP) is 4.39. The minimum Gasteiger partial charge on any atom is -0.314 e. The standard InChI is InChI=1S/C16H31N/c1-7-17-15-10-13(4)8-9-14(15)16(5,6)11-12(2)3/h13-15,17H,2,7-11H2,1,3-6H3. The van der Waals surface area contributed by atoms with Crippen LogP contribution in [0.15, 0.2) is 12.2 Å². The number of rotatable bonds is 5. The molecule has 0 aromatic carbocycles. The molecule has 3 atom stereocenters. The van der Waals surface area contributed by atoms with E-state index in [9.17, 15) is 0 Å². The molecule has 1 fully saturated rings. The second kappa shape index (κ2) is 6.04. The lowest BCUT2D eigenvalue weighted by Crippen LogP contribution is -2.46. The van der Waals surface area contributed by atoms with Crippen molar-refractivity contribution in [2.24, 2.45) is 17.3 Å². The number of allylic oxidation sites excluding steroid dienone is 1. The summed E-state index contributed by atoms with van der Waals surface area (Å²) in [4.78, 5) is 0. The summed E-state index contributed by atoms with van der Waals surface area (Å²) in [7, 11) is 0. The molecule has 1 heteroatoms. The van der Waals surface area contributed by atoms with Crippen molar-refractivity contribution in [2.75, 3.05) is 6.54 Å². The van der Waals surface area contributed by atoms with E-state index in [2.05, 4.69) is 46.5 Å². The minimum absolute atomic E-state index is 0.388. The Labute approximate surface area is 108 Å². The van der Waals surface area contributed by atoms with Gasteiger partial charge in [0.1, 0.15) is 0 Å². The van der Waals surface area contributed by atoms with E-state index in [1.54, 1.807) is 0 Å². The van der Waals surface area contributed by atoms with Crippen molar-refractivity contribution in [1.29, 1.82) is 0 Å². The van der Waals surface area contributed by atoms with Gasteiger partial charge in [0.2, 0.25) is 0 Å². The number of hydrogen-bond donors (Lipinski definition) is 1. The molecular weight excluding hydrogens is 206 g/mol. The van der Waals surface area contributed by atoms with E-state index in [0.29, 0.717) is 11.5 Å². The highest BCUT2D eigenvalue weighted by molar-refractivity contribution is 5.00. The second-order valence-electron chi connectivity index (χ2n) is 6.81. The number of nitrogens with one attached hydrogen (secondary N) is 1. The lowest BCUT2D eigenvalue weighted by atomic mass is 9.64.